The fraction of sp³-hybridized carbons (Fsp3) is 0.368. The van der Waals surface area contributed by atoms with Crippen molar-refractivity contribution in [3.8, 4) is 0 Å². The summed E-state index contributed by atoms with van der Waals surface area (Å²) in [4.78, 5) is 35.7. The predicted octanol–water partition coefficient (Wildman–Crippen LogP) is 1.93. The third kappa shape index (κ3) is 3.42. The van der Waals surface area contributed by atoms with E-state index in [-0.39, 0.29) is 23.9 Å². The number of benzene rings is 1. The number of aromatic nitrogens is 2. The second-order valence-electron chi connectivity index (χ2n) is 6.95. The quantitative estimate of drug-likeness (QED) is 0.569. The maximum Gasteiger partial charge on any atom is 0.319 e. The molecule has 1 aromatic carbocycles. The molecule has 1 fully saturated rings. The number of carbonyl (C=O) groups is 3. The summed E-state index contributed by atoms with van der Waals surface area (Å²) >= 11 is 0. The van der Waals surface area contributed by atoms with Crippen LogP contribution in [0.15, 0.2) is 30.4 Å². The maximum atomic E-state index is 12.2. The van der Waals surface area contributed by atoms with Crippen molar-refractivity contribution in [2.75, 3.05) is 5.32 Å². The van der Waals surface area contributed by atoms with Crippen LogP contribution in [-0.2, 0) is 16.6 Å². The van der Waals surface area contributed by atoms with Gasteiger partial charge in [0.1, 0.15) is 0 Å². The minimum absolute atomic E-state index is 0.0737. The van der Waals surface area contributed by atoms with E-state index in [9.17, 15) is 14.4 Å². The number of fused-ring (bicyclic) bond motifs is 1. The summed E-state index contributed by atoms with van der Waals surface area (Å²) in [5.41, 5.74) is 2.12. The summed E-state index contributed by atoms with van der Waals surface area (Å²) in [5, 5.41) is 13.5. The van der Waals surface area contributed by atoms with E-state index >= 15 is 0 Å². The number of hydrogen-bond donors (Lipinski definition) is 3. The molecule has 2 aromatic rings. The molecule has 2 unspecified atom stereocenters. The van der Waals surface area contributed by atoms with Crippen molar-refractivity contribution >= 4 is 34.4 Å². The molecule has 2 aliphatic rings. The highest BCUT2D eigenvalue weighted by Gasteiger charge is 2.31. The molecule has 2 heterocycles. The van der Waals surface area contributed by atoms with E-state index in [0.29, 0.717) is 24.2 Å². The second kappa shape index (κ2) is 6.86. The predicted molar refractivity (Wildman–Crippen MR) is 100 cm³/mol. The Morgan fingerprint density at radius 2 is 2.15 bits per heavy atom. The van der Waals surface area contributed by atoms with Gasteiger partial charge in [-0.05, 0) is 37.5 Å². The first-order valence-corrected chi connectivity index (χ1v) is 9.06. The van der Waals surface area contributed by atoms with Crippen LogP contribution in [0.2, 0.25) is 0 Å². The zero-order valence-corrected chi connectivity index (χ0v) is 15.0. The van der Waals surface area contributed by atoms with Crippen LogP contribution in [0, 0.1) is 0 Å². The van der Waals surface area contributed by atoms with Crippen LogP contribution in [0.25, 0.3) is 10.9 Å². The maximum absolute atomic E-state index is 12.2. The molecule has 1 aliphatic carbocycles. The number of piperidine rings is 1. The van der Waals surface area contributed by atoms with E-state index < -0.39 is 5.92 Å². The van der Waals surface area contributed by atoms with Crippen molar-refractivity contribution in [3.63, 3.8) is 0 Å². The van der Waals surface area contributed by atoms with Crippen LogP contribution < -0.4 is 16.0 Å². The van der Waals surface area contributed by atoms with Gasteiger partial charge in [-0.25, -0.2) is 4.79 Å². The van der Waals surface area contributed by atoms with Crippen LogP contribution in [0.4, 0.5) is 10.5 Å². The normalized spacial score (nSPS) is 22.1. The first-order valence-electron chi connectivity index (χ1n) is 9.06. The Labute approximate surface area is 156 Å². The molecular formula is C19H21N5O3. The highest BCUT2D eigenvalue weighted by molar-refractivity contribution is 6.03. The van der Waals surface area contributed by atoms with Gasteiger partial charge in [-0.3, -0.25) is 19.6 Å². The molecule has 0 radical (unpaired) electrons. The van der Waals surface area contributed by atoms with Gasteiger partial charge in [-0.15, -0.1) is 0 Å². The Balaban J connectivity index is 1.55. The number of imide groups is 1. The van der Waals surface area contributed by atoms with Gasteiger partial charge in [0.2, 0.25) is 11.8 Å². The van der Waals surface area contributed by atoms with Crippen molar-refractivity contribution in [2.24, 2.45) is 7.05 Å². The minimum atomic E-state index is -0.442. The van der Waals surface area contributed by atoms with Gasteiger partial charge in [0.25, 0.3) is 0 Å². The second-order valence-corrected chi connectivity index (χ2v) is 6.95. The molecule has 1 aromatic heterocycles. The van der Waals surface area contributed by atoms with Crippen LogP contribution in [0.3, 0.4) is 0 Å². The van der Waals surface area contributed by atoms with E-state index in [2.05, 4.69) is 27.1 Å². The summed E-state index contributed by atoms with van der Waals surface area (Å²) in [6.07, 6.45) is 6.72. The number of nitrogens with zero attached hydrogens (tertiary/aromatic N) is 2. The molecule has 1 aliphatic heterocycles. The molecule has 0 saturated carbocycles. The van der Waals surface area contributed by atoms with E-state index in [4.69, 9.17) is 0 Å². The van der Waals surface area contributed by atoms with Crippen molar-refractivity contribution in [1.82, 2.24) is 20.4 Å². The van der Waals surface area contributed by atoms with Gasteiger partial charge in [0.15, 0.2) is 0 Å². The third-order valence-electron chi connectivity index (χ3n) is 5.04. The lowest BCUT2D eigenvalue weighted by Gasteiger charge is -2.19. The Hall–Kier alpha value is -3.16. The van der Waals surface area contributed by atoms with Gasteiger partial charge in [0.05, 0.1) is 17.1 Å². The molecule has 140 valence electrons. The monoisotopic (exact) mass is 367 g/mol. The Morgan fingerprint density at radius 1 is 1.30 bits per heavy atom. The van der Waals surface area contributed by atoms with Crippen molar-refractivity contribution in [3.05, 3.63) is 36.0 Å². The first kappa shape index (κ1) is 17.3. The van der Waals surface area contributed by atoms with Gasteiger partial charge >= 0.3 is 6.03 Å². The highest BCUT2D eigenvalue weighted by Crippen LogP contribution is 2.31. The summed E-state index contributed by atoms with van der Waals surface area (Å²) in [7, 11) is 1.80. The standard InChI is InChI=1S/C19H21N5O3/c1-24-15-10-12(21-19(27)20-11-4-2-3-5-11)6-7-13(15)17(23-24)14-8-9-16(25)22-18(14)26/h2,4,6-7,10-11,14H,3,5,8-9H2,1H3,(H2,20,21,27)(H,22,25,26). The summed E-state index contributed by atoms with van der Waals surface area (Å²) < 4.78 is 1.69. The first-order chi connectivity index (χ1) is 13.0. The third-order valence-corrected chi connectivity index (χ3v) is 5.04. The van der Waals surface area contributed by atoms with E-state index in [0.717, 1.165) is 23.7 Å². The van der Waals surface area contributed by atoms with Crippen LogP contribution in [-0.4, -0.2) is 33.7 Å². The molecule has 4 rings (SSSR count). The zero-order valence-electron chi connectivity index (χ0n) is 15.0. The van der Waals surface area contributed by atoms with Crippen LogP contribution >= 0.6 is 0 Å². The fourth-order valence-electron chi connectivity index (χ4n) is 3.66. The van der Waals surface area contributed by atoms with E-state index in [1.54, 1.807) is 17.8 Å². The van der Waals surface area contributed by atoms with E-state index in [1.165, 1.54) is 0 Å². The lowest BCUT2D eigenvalue weighted by atomic mass is 9.93. The highest BCUT2D eigenvalue weighted by atomic mass is 16.2. The minimum Gasteiger partial charge on any atom is -0.332 e. The summed E-state index contributed by atoms with van der Waals surface area (Å²) in [6.45, 7) is 0. The molecule has 27 heavy (non-hydrogen) atoms. The van der Waals surface area contributed by atoms with E-state index in [1.807, 2.05) is 18.2 Å². The SMILES string of the molecule is Cn1nc(C2CCC(=O)NC2=O)c2ccc(NC(=O)NC3C=CCC3)cc21. The van der Waals surface area contributed by atoms with Crippen molar-refractivity contribution in [2.45, 2.75) is 37.6 Å². The molecular weight excluding hydrogens is 346 g/mol. The smallest absolute Gasteiger partial charge is 0.319 e. The molecule has 4 amide bonds. The summed E-state index contributed by atoms with van der Waals surface area (Å²) in [6, 6.07) is 5.31. The van der Waals surface area contributed by atoms with Gasteiger partial charge < -0.3 is 10.6 Å². The number of carbonyl (C=O) groups excluding carboxylic acids is 3. The lowest BCUT2D eigenvalue weighted by molar-refractivity contribution is -0.134. The number of aryl methyl sites for hydroxylation is 1. The van der Waals surface area contributed by atoms with Gasteiger partial charge in [-0.1, -0.05) is 12.2 Å². The Bertz CT molecular complexity index is 962. The largest absolute Gasteiger partial charge is 0.332 e. The lowest BCUT2D eigenvalue weighted by Crippen LogP contribution is -2.39. The summed E-state index contributed by atoms with van der Waals surface area (Å²) in [5.74, 6) is -0.994. The number of urea groups is 1. The van der Waals surface area contributed by atoms with Crippen LogP contribution in [0.5, 0.6) is 0 Å². The topological polar surface area (TPSA) is 105 Å². The molecule has 8 nitrogen and oxygen atoms in total. The number of hydrogen-bond acceptors (Lipinski definition) is 4. The zero-order chi connectivity index (χ0) is 19.0. The number of anilines is 1. The molecule has 0 spiro atoms. The molecule has 1 saturated heterocycles. The van der Waals surface area contributed by atoms with Gasteiger partial charge in [-0.2, -0.15) is 5.10 Å². The fourth-order valence-corrected chi connectivity index (χ4v) is 3.66. The number of nitrogens with one attached hydrogen (secondary N) is 3. The Morgan fingerprint density at radius 3 is 2.89 bits per heavy atom. The van der Waals surface area contributed by atoms with Crippen molar-refractivity contribution < 1.29 is 14.4 Å². The molecule has 8 heteroatoms. The molecule has 3 N–H and O–H groups in total. The number of rotatable bonds is 3. The Kier molecular flexibility index (Phi) is 4.39. The average Bonchev–Trinajstić information content (AvgIpc) is 3.23. The molecule has 2 atom stereocenters. The molecule has 0 bridgehead atoms. The van der Waals surface area contributed by atoms with Crippen LogP contribution in [0.1, 0.15) is 37.3 Å². The average molecular weight is 367 g/mol. The number of allylic oxidation sites excluding steroid dienone is 1. The van der Waals surface area contributed by atoms with Crippen molar-refractivity contribution in [1.29, 1.82) is 0 Å². The van der Waals surface area contributed by atoms with Gasteiger partial charge in [0, 0.05) is 30.6 Å². The number of amides is 4.